The predicted octanol–water partition coefficient (Wildman–Crippen LogP) is 0.575. The van der Waals surface area contributed by atoms with E-state index >= 15 is 0 Å². The minimum atomic E-state index is -0.836. The van der Waals surface area contributed by atoms with Crippen LogP contribution in [-0.2, 0) is 9.53 Å². The molecule has 0 aromatic heterocycles. The van der Waals surface area contributed by atoms with Crippen molar-refractivity contribution in [3.8, 4) is 0 Å². The van der Waals surface area contributed by atoms with Crippen molar-refractivity contribution in [2.24, 2.45) is 5.92 Å². The maximum absolute atomic E-state index is 11.5. The molecule has 6 nitrogen and oxygen atoms in total. The second-order valence-electron chi connectivity index (χ2n) is 4.31. The molecule has 0 spiro atoms. The SMILES string of the molecule is CC(CCNC(=O)NC1CCOCC1)C(=O)O. The zero-order valence-corrected chi connectivity index (χ0v) is 10.1. The van der Waals surface area contributed by atoms with E-state index in [1.165, 1.54) is 0 Å². The molecule has 6 heteroatoms. The third kappa shape index (κ3) is 5.53. The van der Waals surface area contributed by atoms with E-state index in [9.17, 15) is 9.59 Å². The highest BCUT2D eigenvalue weighted by Gasteiger charge is 2.16. The van der Waals surface area contributed by atoms with E-state index in [2.05, 4.69) is 10.6 Å². The zero-order valence-electron chi connectivity index (χ0n) is 10.1. The predicted molar refractivity (Wildman–Crippen MR) is 61.8 cm³/mol. The zero-order chi connectivity index (χ0) is 12.7. The summed E-state index contributed by atoms with van der Waals surface area (Å²) in [5.74, 6) is -1.27. The first kappa shape index (κ1) is 13.8. The van der Waals surface area contributed by atoms with Crippen molar-refractivity contribution in [2.75, 3.05) is 19.8 Å². The lowest BCUT2D eigenvalue weighted by atomic mass is 10.1. The Morgan fingerprint density at radius 3 is 2.65 bits per heavy atom. The number of rotatable bonds is 5. The van der Waals surface area contributed by atoms with Gasteiger partial charge >= 0.3 is 12.0 Å². The normalized spacial score (nSPS) is 18.4. The van der Waals surface area contributed by atoms with Crippen molar-refractivity contribution in [1.82, 2.24) is 10.6 Å². The Morgan fingerprint density at radius 2 is 2.06 bits per heavy atom. The topological polar surface area (TPSA) is 87.7 Å². The van der Waals surface area contributed by atoms with Crippen LogP contribution in [0.5, 0.6) is 0 Å². The van der Waals surface area contributed by atoms with Crippen LogP contribution in [0.2, 0.25) is 0 Å². The summed E-state index contributed by atoms with van der Waals surface area (Å²) >= 11 is 0. The number of hydrogen-bond acceptors (Lipinski definition) is 3. The molecular formula is C11H20N2O4. The van der Waals surface area contributed by atoms with Gasteiger partial charge in [-0.05, 0) is 19.3 Å². The molecule has 0 saturated carbocycles. The first-order chi connectivity index (χ1) is 8.09. The Bertz CT molecular complexity index is 264. The van der Waals surface area contributed by atoms with E-state index < -0.39 is 11.9 Å². The first-order valence-electron chi connectivity index (χ1n) is 5.94. The summed E-state index contributed by atoms with van der Waals surface area (Å²) in [4.78, 5) is 22.0. The van der Waals surface area contributed by atoms with Gasteiger partial charge in [0.2, 0.25) is 0 Å². The number of carbonyl (C=O) groups excluding carboxylic acids is 1. The van der Waals surface area contributed by atoms with Crippen LogP contribution in [0.15, 0.2) is 0 Å². The van der Waals surface area contributed by atoms with Crippen LogP contribution >= 0.6 is 0 Å². The molecule has 0 aromatic carbocycles. The van der Waals surface area contributed by atoms with Gasteiger partial charge in [-0.15, -0.1) is 0 Å². The van der Waals surface area contributed by atoms with Gasteiger partial charge in [-0.1, -0.05) is 6.92 Å². The van der Waals surface area contributed by atoms with Crippen LogP contribution in [0.4, 0.5) is 4.79 Å². The summed E-state index contributed by atoms with van der Waals surface area (Å²) in [7, 11) is 0. The van der Waals surface area contributed by atoms with Crippen LogP contribution < -0.4 is 10.6 Å². The number of carboxylic acid groups (broad SMARTS) is 1. The third-order valence-corrected chi connectivity index (χ3v) is 2.84. The average Bonchev–Trinajstić information content (AvgIpc) is 2.30. The lowest BCUT2D eigenvalue weighted by Crippen LogP contribution is -2.45. The van der Waals surface area contributed by atoms with Gasteiger partial charge in [-0.25, -0.2) is 4.79 Å². The Balaban J connectivity index is 2.10. The van der Waals surface area contributed by atoms with Crippen LogP contribution in [0, 0.1) is 5.92 Å². The molecular weight excluding hydrogens is 224 g/mol. The molecule has 1 saturated heterocycles. The van der Waals surface area contributed by atoms with Crippen LogP contribution in [0.1, 0.15) is 26.2 Å². The molecule has 0 aromatic rings. The average molecular weight is 244 g/mol. The second-order valence-corrected chi connectivity index (χ2v) is 4.31. The molecule has 2 amide bonds. The molecule has 0 bridgehead atoms. The highest BCUT2D eigenvalue weighted by atomic mass is 16.5. The Morgan fingerprint density at radius 1 is 1.41 bits per heavy atom. The number of carboxylic acids is 1. The second kappa shape index (κ2) is 7.11. The van der Waals surface area contributed by atoms with Crippen molar-refractivity contribution in [2.45, 2.75) is 32.2 Å². The van der Waals surface area contributed by atoms with Gasteiger partial charge in [0.15, 0.2) is 0 Å². The molecule has 1 heterocycles. The highest BCUT2D eigenvalue weighted by Crippen LogP contribution is 2.05. The molecule has 1 aliphatic rings. The Kier molecular flexibility index (Phi) is 5.76. The minimum absolute atomic E-state index is 0.167. The third-order valence-electron chi connectivity index (χ3n) is 2.84. The van der Waals surface area contributed by atoms with Gasteiger partial charge in [0.25, 0.3) is 0 Å². The Labute approximate surface area is 101 Å². The summed E-state index contributed by atoms with van der Waals surface area (Å²) < 4.78 is 5.18. The fraction of sp³-hybridized carbons (Fsp3) is 0.818. The number of nitrogens with one attached hydrogen (secondary N) is 2. The molecule has 1 atom stereocenters. The smallest absolute Gasteiger partial charge is 0.315 e. The van der Waals surface area contributed by atoms with Crippen molar-refractivity contribution < 1.29 is 19.4 Å². The number of ether oxygens (including phenoxy) is 1. The van der Waals surface area contributed by atoms with E-state index in [-0.39, 0.29) is 12.1 Å². The molecule has 0 radical (unpaired) electrons. The number of aliphatic carboxylic acids is 1. The minimum Gasteiger partial charge on any atom is -0.481 e. The van der Waals surface area contributed by atoms with Gasteiger partial charge in [0.05, 0.1) is 5.92 Å². The summed E-state index contributed by atoms with van der Waals surface area (Å²) in [6, 6.07) is -0.0601. The molecule has 1 aliphatic heterocycles. The molecule has 1 rings (SSSR count). The number of hydrogen-bond donors (Lipinski definition) is 3. The molecule has 98 valence electrons. The van der Waals surface area contributed by atoms with Gasteiger partial charge in [0.1, 0.15) is 0 Å². The standard InChI is InChI=1S/C11H20N2O4/c1-8(10(14)15)2-5-12-11(16)13-9-3-6-17-7-4-9/h8-9H,2-7H2,1H3,(H,14,15)(H2,12,13,16). The van der Waals surface area contributed by atoms with Crippen molar-refractivity contribution in [3.05, 3.63) is 0 Å². The molecule has 0 aliphatic carbocycles. The lowest BCUT2D eigenvalue weighted by molar-refractivity contribution is -0.141. The highest BCUT2D eigenvalue weighted by molar-refractivity contribution is 5.74. The van der Waals surface area contributed by atoms with E-state index in [0.29, 0.717) is 26.2 Å². The van der Waals surface area contributed by atoms with Crippen LogP contribution in [0.3, 0.4) is 0 Å². The fourth-order valence-electron chi connectivity index (χ4n) is 1.60. The molecule has 17 heavy (non-hydrogen) atoms. The maximum atomic E-state index is 11.5. The Hall–Kier alpha value is -1.30. The largest absolute Gasteiger partial charge is 0.481 e. The maximum Gasteiger partial charge on any atom is 0.315 e. The fourth-order valence-corrected chi connectivity index (χ4v) is 1.60. The van der Waals surface area contributed by atoms with E-state index in [0.717, 1.165) is 12.8 Å². The summed E-state index contributed by atoms with van der Waals surface area (Å²) in [5, 5.41) is 14.2. The van der Waals surface area contributed by atoms with E-state index in [1.54, 1.807) is 6.92 Å². The van der Waals surface area contributed by atoms with Crippen molar-refractivity contribution in [1.29, 1.82) is 0 Å². The summed E-state index contributed by atoms with van der Waals surface area (Å²) in [6.45, 7) is 3.37. The monoisotopic (exact) mass is 244 g/mol. The van der Waals surface area contributed by atoms with Gasteiger partial charge in [-0.3, -0.25) is 4.79 Å². The molecule has 1 fully saturated rings. The molecule has 3 N–H and O–H groups in total. The quantitative estimate of drug-likeness (QED) is 0.660. The van der Waals surface area contributed by atoms with Gasteiger partial charge in [-0.2, -0.15) is 0 Å². The van der Waals surface area contributed by atoms with Gasteiger partial charge < -0.3 is 20.5 Å². The van der Waals surface area contributed by atoms with Crippen molar-refractivity contribution in [3.63, 3.8) is 0 Å². The van der Waals surface area contributed by atoms with Crippen LogP contribution in [0.25, 0.3) is 0 Å². The number of urea groups is 1. The first-order valence-corrected chi connectivity index (χ1v) is 5.94. The lowest BCUT2D eigenvalue weighted by Gasteiger charge is -2.23. The van der Waals surface area contributed by atoms with Gasteiger partial charge in [0, 0.05) is 25.8 Å². The molecule has 1 unspecified atom stereocenters. The summed E-state index contributed by atoms with van der Waals surface area (Å²) in [5.41, 5.74) is 0. The van der Waals surface area contributed by atoms with E-state index in [1.807, 2.05) is 0 Å². The van der Waals surface area contributed by atoms with E-state index in [4.69, 9.17) is 9.84 Å². The van der Waals surface area contributed by atoms with Crippen LogP contribution in [-0.4, -0.2) is 42.9 Å². The summed E-state index contributed by atoms with van der Waals surface area (Å²) in [6.07, 6.45) is 2.11. The van der Waals surface area contributed by atoms with Crippen molar-refractivity contribution >= 4 is 12.0 Å². The number of carbonyl (C=O) groups is 2. The number of amides is 2.